The molecule has 0 spiro atoms. The van der Waals surface area contributed by atoms with Gasteiger partial charge in [0.15, 0.2) is 0 Å². The summed E-state index contributed by atoms with van der Waals surface area (Å²) in [7, 11) is 0. The summed E-state index contributed by atoms with van der Waals surface area (Å²) in [5, 5.41) is 15.6. The largest absolute Gasteiger partial charge is 0.508 e. The molecule has 27 heavy (non-hydrogen) atoms. The van der Waals surface area contributed by atoms with Gasteiger partial charge in [0.25, 0.3) is 0 Å². The first kappa shape index (κ1) is 19.7. The minimum absolute atomic E-state index is 0.00987. The molecule has 1 aliphatic heterocycles. The Kier molecular flexibility index (Phi) is 6.72. The number of amides is 2. The Balaban J connectivity index is 1.61. The van der Waals surface area contributed by atoms with Gasteiger partial charge in [-0.15, -0.1) is 0 Å². The number of carbonyl (C=O) groups is 2. The van der Waals surface area contributed by atoms with Crippen LogP contribution in [0.5, 0.6) is 5.75 Å². The van der Waals surface area contributed by atoms with Gasteiger partial charge >= 0.3 is 0 Å². The standard InChI is InChI=1S/C21H31N3O3/c1-2-22-21(27)19-13-16(14-24(19)17-8-4-3-5-9-17)23-20(26)12-15-7-6-10-18(25)11-15/h6-7,10-11,16-17,19,25H,2-5,8-9,12-14H2,1H3,(H,22,27)(H,23,26)/t16-,19-/m0/s1. The zero-order valence-corrected chi connectivity index (χ0v) is 16.1. The van der Waals surface area contributed by atoms with Gasteiger partial charge in [-0.2, -0.15) is 0 Å². The number of phenols is 1. The Hall–Kier alpha value is -2.08. The second-order valence-corrected chi connectivity index (χ2v) is 7.75. The fraction of sp³-hybridized carbons (Fsp3) is 0.619. The Morgan fingerprint density at radius 2 is 2.00 bits per heavy atom. The van der Waals surface area contributed by atoms with Crippen molar-refractivity contribution in [1.82, 2.24) is 15.5 Å². The fourth-order valence-electron chi connectivity index (χ4n) is 4.46. The van der Waals surface area contributed by atoms with Crippen molar-refractivity contribution in [2.24, 2.45) is 0 Å². The lowest BCUT2D eigenvalue weighted by Crippen LogP contribution is -2.48. The molecule has 2 atom stereocenters. The van der Waals surface area contributed by atoms with Crippen molar-refractivity contribution < 1.29 is 14.7 Å². The minimum atomic E-state index is -0.154. The van der Waals surface area contributed by atoms with E-state index in [1.165, 1.54) is 19.3 Å². The van der Waals surface area contributed by atoms with E-state index in [-0.39, 0.29) is 36.1 Å². The molecule has 0 bridgehead atoms. The lowest BCUT2D eigenvalue weighted by Gasteiger charge is -2.34. The van der Waals surface area contributed by atoms with Crippen molar-refractivity contribution in [1.29, 1.82) is 0 Å². The van der Waals surface area contributed by atoms with E-state index in [0.29, 0.717) is 19.0 Å². The van der Waals surface area contributed by atoms with Crippen LogP contribution >= 0.6 is 0 Å². The molecule has 2 amide bonds. The molecule has 1 aromatic carbocycles. The van der Waals surface area contributed by atoms with Gasteiger partial charge in [-0.25, -0.2) is 0 Å². The summed E-state index contributed by atoms with van der Waals surface area (Å²) >= 11 is 0. The number of nitrogens with one attached hydrogen (secondary N) is 2. The number of phenolic OH excluding ortho intramolecular Hbond substituents is 1. The van der Waals surface area contributed by atoms with Crippen LogP contribution < -0.4 is 10.6 Å². The first-order valence-electron chi connectivity index (χ1n) is 10.2. The molecular formula is C21H31N3O3. The van der Waals surface area contributed by atoms with Gasteiger partial charge in [0.1, 0.15) is 5.75 Å². The monoisotopic (exact) mass is 373 g/mol. The SMILES string of the molecule is CCNC(=O)[C@@H]1C[C@H](NC(=O)Cc2cccc(O)c2)CN1C1CCCCC1. The lowest BCUT2D eigenvalue weighted by atomic mass is 9.93. The maximum atomic E-state index is 12.6. The summed E-state index contributed by atoms with van der Waals surface area (Å²) in [5.74, 6) is 0.180. The Morgan fingerprint density at radius 1 is 1.22 bits per heavy atom. The Bertz CT molecular complexity index is 658. The van der Waals surface area contributed by atoms with Gasteiger partial charge in [0.2, 0.25) is 11.8 Å². The van der Waals surface area contributed by atoms with Crippen LogP contribution in [0, 0.1) is 0 Å². The van der Waals surface area contributed by atoms with Crippen LogP contribution in [0.15, 0.2) is 24.3 Å². The van der Waals surface area contributed by atoms with Crippen LogP contribution in [0.25, 0.3) is 0 Å². The number of rotatable bonds is 6. The molecule has 0 aromatic heterocycles. The van der Waals surface area contributed by atoms with Crippen molar-refractivity contribution in [2.45, 2.75) is 70.0 Å². The predicted molar refractivity (Wildman–Crippen MR) is 104 cm³/mol. The maximum Gasteiger partial charge on any atom is 0.237 e. The number of likely N-dealkylation sites (N-methyl/N-ethyl adjacent to an activating group) is 1. The van der Waals surface area contributed by atoms with Crippen molar-refractivity contribution in [3.8, 4) is 5.75 Å². The molecule has 0 unspecified atom stereocenters. The number of likely N-dealkylation sites (tertiary alicyclic amines) is 1. The van der Waals surface area contributed by atoms with Crippen molar-refractivity contribution in [3.05, 3.63) is 29.8 Å². The van der Waals surface area contributed by atoms with E-state index in [4.69, 9.17) is 0 Å². The molecule has 2 fully saturated rings. The number of nitrogens with zero attached hydrogens (tertiary/aromatic N) is 1. The molecule has 6 heteroatoms. The topological polar surface area (TPSA) is 81.7 Å². The van der Waals surface area contributed by atoms with E-state index in [2.05, 4.69) is 15.5 Å². The molecule has 0 radical (unpaired) electrons. The molecule has 1 aliphatic carbocycles. The highest BCUT2D eigenvalue weighted by molar-refractivity contribution is 5.83. The molecule has 1 heterocycles. The second kappa shape index (κ2) is 9.22. The van der Waals surface area contributed by atoms with Crippen molar-refractivity contribution in [3.63, 3.8) is 0 Å². The van der Waals surface area contributed by atoms with Crippen LogP contribution in [0.4, 0.5) is 0 Å². The Labute approximate surface area is 161 Å². The summed E-state index contributed by atoms with van der Waals surface area (Å²) < 4.78 is 0. The van der Waals surface area contributed by atoms with E-state index in [9.17, 15) is 14.7 Å². The zero-order chi connectivity index (χ0) is 19.2. The molecule has 148 valence electrons. The molecular weight excluding hydrogens is 342 g/mol. The molecule has 3 rings (SSSR count). The molecule has 1 saturated carbocycles. The highest BCUT2D eigenvalue weighted by Gasteiger charge is 2.40. The maximum absolute atomic E-state index is 12.6. The zero-order valence-electron chi connectivity index (χ0n) is 16.1. The third kappa shape index (κ3) is 5.22. The van der Waals surface area contributed by atoms with Crippen LogP contribution in [0.2, 0.25) is 0 Å². The van der Waals surface area contributed by atoms with E-state index < -0.39 is 0 Å². The van der Waals surface area contributed by atoms with E-state index >= 15 is 0 Å². The summed E-state index contributed by atoms with van der Waals surface area (Å²) in [6.45, 7) is 3.30. The van der Waals surface area contributed by atoms with E-state index in [1.807, 2.05) is 13.0 Å². The smallest absolute Gasteiger partial charge is 0.237 e. The van der Waals surface area contributed by atoms with Gasteiger partial charge in [-0.1, -0.05) is 31.4 Å². The van der Waals surface area contributed by atoms with Crippen LogP contribution in [0.3, 0.4) is 0 Å². The third-order valence-electron chi connectivity index (χ3n) is 5.68. The quantitative estimate of drug-likeness (QED) is 0.712. The van der Waals surface area contributed by atoms with Crippen molar-refractivity contribution >= 4 is 11.8 Å². The van der Waals surface area contributed by atoms with Gasteiger partial charge in [0, 0.05) is 25.2 Å². The van der Waals surface area contributed by atoms with Crippen molar-refractivity contribution in [2.75, 3.05) is 13.1 Å². The van der Waals surface area contributed by atoms with Crippen LogP contribution in [-0.2, 0) is 16.0 Å². The molecule has 2 aliphatic rings. The average molecular weight is 373 g/mol. The third-order valence-corrected chi connectivity index (χ3v) is 5.68. The second-order valence-electron chi connectivity index (χ2n) is 7.75. The number of hydrogen-bond donors (Lipinski definition) is 3. The molecule has 1 saturated heterocycles. The first-order valence-corrected chi connectivity index (χ1v) is 10.2. The number of hydrogen-bond acceptors (Lipinski definition) is 4. The Morgan fingerprint density at radius 3 is 2.70 bits per heavy atom. The van der Waals surface area contributed by atoms with Crippen LogP contribution in [-0.4, -0.2) is 53.0 Å². The highest BCUT2D eigenvalue weighted by atomic mass is 16.3. The van der Waals surface area contributed by atoms with E-state index in [1.54, 1.807) is 18.2 Å². The fourth-order valence-corrected chi connectivity index (χ4v) is 4.46. The number of aromatic hydroxyl groups is 1. The lowest BCUT2D eigenvalue weighted by molar-refractivity contribution is -0.126. The minimum Gasteiger partial charge on any atom is -0.508 e. The number of carbonyl (C=O) groups excluding carboxylic acids is 2. The van der Waals surface area contributed by atoms with Gasteiger partial charge in [0.05, 0.1) is 12.5 Å². The highest BCUT2D eigenvalue weighted by Crippen LogP contribution is 2.29. The molecule has 1 aromatic rings. The normalized spacial score (nSPS) is 23.9. The van der Waals surface area contributed by atoms with Gasteiger partial charge in [-0.3, -0.25) is 14.5 Å². The van der Waals surface area contributed by atoms with Gasteiger partial charge in [-0.05, 0) is 43.9 Å². The summed E-state index contributed by atoms with van der Waals surface area (Å²) in [6.07, 6.45) is 6.89. The van der Waals surface area contributed by atoms with E-state index in [0.717, 1.165) is 24.9 Å². The molecule has 3 N–H and O–H groups in total. The van der Waals surface area contributed by atoms with Crippen LogP contribution in [0.1, 0.15) is 51.0 Å². The number of benzene rings is 1. The van der Waals surface area contributed by atoms with Gasteiger partial charge < -0.3 is 15.7 Å². The first-order chi connectivity index (χ1) is 13.1. The molecule has 6 nitrogen and oxygen atoms in total. The summed E-state index contributed by atoms with van der Waals surface area (Å²) in [4.78, 5) is 27.3. The predicted octanol–water partition coefficient (Wildman–Crippen LogP) is 1.96. The summed E-state index contributed by atoms with van der Waals surface area (Å²) in [6, 6.07) is 7.06. The summed E-state index contributed by atoms with van der Waals surface area (Å²) in [5.41, 5.74) is 0.787. The average Bonchev–Trinajstić information content (AvgIpc) is 3.06.